The molecule has 0 saturated carbocycles. The van der Waals surface area contributed by atoms with Gasteiger partial charge in [-0.15, -0.1) is 6.58 Å². The highest BCUT2D eigenvalue weighted by Crippen LogP contribution is 2.43. The lowest BCUT2D eigenvalue weighted by Gasteiger charge is -2.48. The number of H-pyrrole nitrogens is 1. The van der Waals surface area contributed by atoms with Crippen molar-refractivity contribution >= 4 is 16.9 Å². The molecule has 2 aromatic rings. The molecule has 18 atom stereocenters. The largest absolute Gasteiger partial charge is 0.478 e. The molecule has 0 aliphatic carbocycles. The second-order valence-electron chi connectivity index (χ2n) is 15.3. The third-order valence-electron chi connectivity index (χ3n) is 11.9. The molecule has 13 N–H and O–H groups in total. The first-order chi connectivity index (χ1) is 28.3. The van der Waals surface area contributed by atoms with Crippen molar-refractivity contribution in [2.75, 3.05) is 33.0 Å². The number of hydrogen-bond acceptors (Lipinski definition) is 19. The number of para-hydroxylation sites is 1. The number of fused-ring (bicyclic) bond motifs is 3. The molecule has 328 valence electrons. The van der Waals surface area contributed by atoms with Gasteiger partial charge in [-0.2, -0.15) is 0 Å². The van der Waals surface area contributed by atoms with Crippen molar-refractivity contribution in [3.63, 3.8) is 0 Å². The van der Waals surface area contributed by atoms with Crippen LogP contribution in [0.4, 0.5) is 0 Å². The van der Waals surface area contributed by atoms with E-state index in [1.165, 1.54) is 6.08 Å². The molecule has 5 aliphatic rings. The van der Waals surface area contributed by atoms with E-state index in [2.05, 4.69) is 16.9 Å². The van der Waals surface area contributed by atoms with E-state index in [0.29, 0.717) is 6.54 Å². The van der Waals surface area contributed by atoms with Gasteiger partial charge in [0.15, 0.2) is 12.6 Å². The Bertz CT molecular complexity index is 1810. The maximum atomic E-state index is 12.5. The summed E-state index contributed by atoms with van der Waals surface area (Å²) in [6.07, 6.45) is -21.0. The number of carbonyl (C=O) groups is 1. The smallest absolute Gasteiger partial charge is 0.334 e. The lowest BCUT2D eigenvalue weighted by atomic mass is 9.78. The molecule has 5 aliphatic heterocycles. The van der Waals surface area contributed by atoms with Gasteiger partial charge < -0.3 is 99.6 Å². The molecule has 6 heterocycles. The molecule has 59 heavy (non-hydrogen) atoms. The van der Waals surface area contributed by atoms with Gasteiger partial charge in [-0.25, -0.2) is 4.79 Å². The normalized spacial score (nSPS) is 42.5. The quantitative estimate of drug-likeness (QED) is 0.0805. The van der Waals surface area contributed by atoms with E-state index < -0.39 is 136 Å². The average molecular weight is 841 g/mol. The van der Waals surface area contributed by atoms with Crippen molar-refractivity contribution in [2.24, 2.45) is 11.8 Å². The monoisotopic (exact) mass is 840 g/mol. The highest BCUT2D eigenvalue weighted by molar-refractivity contribution is 5.87. The Labute approximate surface area is 336 Å². The molecule has 0 bridgehead atoms. The first-order valence-corrected chi connectivity index (χ1v) is 19.3. The summed E-state index contributed by atoms with van der Waals surface area (Å²) in [5.74, 6) is -5.26. The topological polar surface area (TPSA) is 332 Å². The molecule has 1 aromatic heterocycles. The summed E-state index contributed by atoms with van der Waals surface area (Å²) in [7, 11) is 0. The number of aliphatic hydroxyl groups excluding tert-OH is 10. The minimum absolute atomic E-state index is 0.0491. The predicted octanol–water partition coefficient (Wildman–Crippen LogP) is -4.05. The fourth-order valence-electron chi connectivity index (χ4n) is 8.75. The molecule has 1 aromatic carbocycles. The van der Waals surface area contributed by atoms with Crippen molar-refractivity contribution in [1.82, 2.24) is 10.3 Å². The van der Waals surface area contributed by atoms with E-state index in [1.807, 2.05) is 24.3 Å². The average Bonchev–Trinajstić information content (AvgIpc) is 3.74. The predicted molar refractivity (Wildman–Crippen MR) is 195 cm³/mol. The number of nitrogens with one attached hydrogen (secondary N) is 2. The Hall–Kier alpha value is -3.17. The van der Waals surface area contributed by atoms with Gasteiger partial charge in [0, 0.05) is 34.5 Å². The van der Waals surface area contributed by atoms with Gasteiger partial charge in [0.05, 0.1) is 31.7 Å². The lowest BCUT2D eigenvalue weighted by Crippen LogP contribution is -2.67. The highest BCUT2D eigenvalue weighted by atomic mass is 16.8. The van der Waals surface area contributed by atoms with Gasteiger partial charge >= 0.3 is 5.97 Å². The third-order valence-corrected chi connectivity index (χ3v) is 11.9. The second kappa shape index (κ2) is 18.0. The summed E-state index contributed by atoms with van der Waals surface area (Å²) in [4.78, 5) is 16.0. The first-order valence-electron chi connectivity index (χ1n) is 19.3. The number of rotatable bonds is 14. The summed E-state index contributed by atoms with van der Waals surface area (Å²) < 4.78 is 40.0. The Morgan fingerprint density at radius 3 is 2.22 bits per heavy atom. The van der Waals surface area contributed by atoms with Crippen LogP contribution < -0.4 is 5.32 Å². The number of aliphatic hydroxyl groups is 10. The minimum Gasteiger partial charge on any atom is -0.478 e. The number of carboxylic acids is 1. The van der Waals surface area contributed by atoms with Crippen LogP contribution in [-0.2, 0) is 44.4 Å². The zero-order chi connectivity index (χ0) is 42.3. The summed E-state index contributed by atoms with van der Waals surface area (Å²) >= 11 is 0. The van der Waals surface area contributed by atoms with Crippen LogP contribution in [0.3, 0.4) is 0 Å². The van der Waals surface area contributed by atoms with Crippen molar-refractivity contribution < 1.29 is 94.1 Å². The fourth-order valence-corrected chi connectivity index (χ4v) is 8.75. The van der Waals surface area contributed by atoms with E-state index in [1.54, 1.807) is 0 Å². The zero-order valence-electron chi connectivity index (χ0n) is 31.6. The maximum absolute atomic E-state index is 12.5. The van der Waals surface area contributed by atoms with Crippen LogP contribution in [0.15, 0.2) is 48.8 Å². The van der Waals surface area contributed by atoms with Crippen molar-refractivity contribution in [1.29, 1.82) is 0 Å². The number of hydrogen-bond donors (Lipinski definition) is 13. The van der Waals surface area contributed by atoms with Crippen LogP contribution in [0.25, 0.3) is 10.9 Å². The van der Waals surface area contributed by atoms with Crippen molar-refractivity contribution in [3.8, 4) is 0 Å². The van der Waals surface area contributed by atoms with E-state index in [4.69, 9.17) is 33.2 Å². The molecule has 0 radical (unpaired) electrons. The number of benzene rings is 1. The second-order valence-corrected chi connectivity index (χ2v) is 15.3. The molecule has 0 spiro atoms. The van der Waals surface area contributed by atoms with Gasteiger partial charge in [-0.1, -0.05) is 24.3 Å². The summed E-state index contributed by atoms with van der Waals surface area (Å²) in [5, 5.41) is 121. The molecule has 3 saturated heterocycles. The van der Waals surface area contributed by atoms with Gasteiger partial charge in [0.25, 0.3) is 0 Å². The Morgan fingerprint density at radius 1 is 0.847 bits per heavy atom. The third kappa shape index (κ3) is 8.06. The van der Waals surface area contributed by atoms with Gasteiger partial charge in [0.1, 0.15) is 73.8 Å². The molecular formula is C38H52N2O19. The number of aromatic nitrogens is 1. The standard InChI is InChI=1S/C38H52N2O19/c1-2-15-18(9-21-25-17(7-8-39-21)16-5-3-4-6-20(16)40-25)19(34(51)52)13-53-35(15)57-36-29(48)28(47)31(24(12-43)55-36)56-32-26(45)22(10-41)54-37(30(32)49)59-38(14-44)33(50)27(46)23(11-42)58-38/h2-6,13,15,18,21-24,26-33,35-37,39-50H,1,7-12,14H2,(H,51,52)/t15-,18+,21+,22-,23-,24-,26-,27+,28-,29-,30-,31-,32+,33+,35+,36+,37-,38+/m1/s1. The minimum atomic E-state index is -2.45. The van der Waals surface area contributed by atoms with E-state index in [0.717, 1.165) is 34.8 Å². The molecule has 21 heteroatoms. The van der Waals surface area contributed by atoms with Crippen LogP contribution in [0.2, 0.25) is 0 Å². The van der Waals surface area contributed by atoms with Gasteiger partial charge in [0.2, 0.25) is 12.1 Å². The van der Waals surface area contributed by atoms with Gasteiger partial charge in [-0.3, -0.25) is 0 Å². The Morgan fingerprint density at radius 2 is 1.56 bits per heavy atom. The molecule has 0 unspecified atom stereocenters. The fraction of sp³-hybridized carbons (Fsp3) is 0.658. The lowest BCUT2D eigenvalue weighted by molar-refractivity contribution is -0.396. The van der Waals surface area contributed by atoms with Crippen LogP contribution in [0.1, 0.15) is 23.7 Å². The first kappa shape index (κ1) is 43.9. The van der Waals surface area contributed by atoms with Crippen LogP contribution in [0.5, 0.6) is 0 Å². The Balaban J connectivity index is 1.07. The molecular weight excluding hydrogens is 788 g/mol. The van der Waals surface area contributed by atoms with Crippen molar-refractivity contribution in [3.05, 3.63) is 60.0 Å². The van der Waals surface area contributed by atoms with E-state index >= 15 is 0 Å². The van der Waals surface area contributed by atoms with Crippen molar-refractivity contribution in [2.45, 2.75) is 111 Å². The van der Waals surface area contributed by atoms with Crippen LogP contribution in [-0.4, -0.2) is 192 Å². The molecule has 7 rings (SSSR count). The van der Waals surface area contributed by atoms with Crippen LogP contribution >= 0.6 is 0 Å². The number of ether oxygens (including phenoxy) is 7. The van der Waals surface area contributed by atoms with E-state index in [9.17, 15) is 61.0 Å². The van der Waals surface area contributed by atoms with E-state index in [-0.39, 0.29) is 18.0 Å². The number of aliphatic carboxylic acids is 1. The van der Waals surface area contributed by atoms with Gasteiger partial charge in [-0.05, 0) is 31.0 Å². The summed E-state index contributed by atoms with van der Waals surface area (Å²) in [6.45, 7) is 0.892. The molecule has 21 nitrogen and oxygen atoms in total. The molecule has 3 fully saturated rings. The van der Waals surface area contributed by atoms with Crippen LogP contribution in [0, 0.1) is 11.8 Å². The zero-order valence-corrected chi connectivity index (χ0v) is 31.6. The highest BCUT2D eigenvalue weighted by Gasteiger charge is 2.59. The molecule has 0 amide bonds. The number of carboxylic acid groups (broad SMARTS) is 1. The summed E-state index contributed by atoms with van der Waals surface area (Å²) in [5.41, 5.74) is 2.95. The SMILES string of the molecule is C=C[C@H]1[C@H](O[C@@H]2O[C@H](CO)[C@@H](O[C@@H]3[C@@H](O)[C@@H](O[C@]4(CO)O[C@H](CO)[C@H](O)[C@@H]4O)O[C@H](CO)[C@H]3O)[C@H](O)[C@H]2O)OC=C(C(=O)O)[C@H]1C[C@@H]1NCCc2c1[nH]c1ccccc21. The Kier molecular flexibility index (Phi) is 13.4. The maximum Gasteiger partial charge on any atom is 0.334 e. The summed E-state index contributed by atoms with van der Waals surface area (Å²) in [6, 6.07) is 7.57. The number of aromatic amines is 1.